The van der Waals surface area contributed by atoms with Crippen LogP contribution in [0.25, 0.3) is 0 Å². The summed E-state index contributed by atoms with van der Waals surface area (Å²) in [6.07, 6.45) is 4.98. The molecule has 1 aromatic carbocycles. The number of carbonyl (C=O) groups is 1. The van der Waals surface area contributed by atoms with Crippen molar-refractivity contribution in [3.8, 4) is 0 Å². The molecule has 0 unspecified atom stereocenters. The number of likely N-dealkylation sites (tertiary alicyclic amines) is 1. The first kappa shape index (κ1) is 23.0. The summed E-state index contributed by atoms with van der Waals surface area (Å²) in [6.45, 7) is 8.95. The van der Waals surface area contributed by atoms with Gasteiger partial charge in [-0.05, 0) is 69.5 Å². The second-order valence-corrected chi connectivity index (χ2v) is 9.92. The molecule has 0 atom stereocenters. The van der Waals surface area contributed by atoms with Crippen LogP contribution in [0.1, 0.15) is 38.2 Å². The normalized spacial score (nSPS) is 27.3. The van der Waals surface area contributed by atoms with Crippen molar-refractivity contribution in [2.24, 2.45) is 21.6 Å². The Labute approximate surface area is 194 Å². The molecule has 0 bridgehead atoms. The minimum atomic E-state index is -0.467. The van der Waals surface area contributed by atoms with Gasteiger partial charge < -0.3 is 15.8 Å². The molecule has 1 spiro atoms. The van der Waals surface area contributed by atoms with Gasteiger partial charge in [-0.1, -0.05) is 18.2 Å². The molecule has 1 aromatic rings. The molecule has 7 nitrogen and oxygen atoms in total. The molecule has 0 radical (unpaired) electrons. The number of rotatable bonds is 6. The van der Waals surface area contributed by atoms with Gasteiger partial charge in [-0.25, -0.2) is 4.99 Å². The predicted molar refractivity (Wildman–Crippen MR) is 130 cm³/mol. The molecular weight excluding hydrogens is 426 g/mol. The van der Waals surface area contributed by atoms with Crippen LogP contribution in [0.2, 0.25) is 5.02 Å². The molecule has 1 saturated carbocycles. The minimum Gasteiger partial charge on any atom is -0.491 e. The van der Waals surface area contributed by atoms with Crippen LogP contribution in [-0.2, 0) is 14.9 Å². The Morgan fingerprint density at radius 2 is 2.12 bits per heavy atom. The summed E-state index contributed by atoms with van der Waals surface area (Å²) < 4.78 is 5.76. The van der Waals surface area contributed by atoms with Gasteiger partial charge in [0.05, 0.1) is 11.6 Å². The summed E-state index contributed by atoms with van der Waals surface area (Å²) in [7, 11) is 1.75. The van der Waals surface area contributed by atoms with Gasteiger partial charge in [0.1, 0.15) is 18.2 Å². The van der Waals surface area contributed by atoms with Crippen molar-refractivity contribution in [3.63, 3.8) is 0 Å². The number of benzene rings is 1. The van der Waals surface area contributed by atoms with E-state index in [1.807, 2.05) is 18.2 Å². The smallest absolute Gasteiger partial charge is 0.235 e. The number of hydrogen-bond donors (Lipinski definition) is 2. The highest BCUT2D eigenvalue weighted by Crippen LogP contribution is 2.45. The average Bonchev–Trinajstić information content (AvgIpc) is 2.99. The number of aliphatic imine (C=N–C) groups is 2. The summed E-state index contributed by atoms with van der Waals surface area (Å²) in [5.74, 6) is 1.72. The van der Waals surface area contributed by atoms with E-state index in [-0.39, 0.29) is 11.4 Å². The Hall–Kier alpha value is -2.22. The third kappa shape index (κ3) is 4.60. The van der Waals surface area contributed by atoms with Crippen molar-refractivity contribution in [3.05, 3.63) is 41.1 Å². The molecule has 2 heterocycles. The summed E-state index contributed by atoms with van der Waals surface area (Å²) in [5.41, 5.74) is 7.44. The first-order chi connectivity index (χ1) is 15.2. The van der Waals surface area contributed by atoms with Gasteiger partial charge in [0.25, 0.3) is 0 Å². The summed E-state index contributed by atoms with van der Waals surface area (Å²) >= 11 is 6.20. The van der Waals surface area contributed by atoms with Crippen molar-refractivity contribution in [2.75, 3.05) is 38.6 Å². The van der Waals surface area contributed by atoms with Crippen LogP contribution < -0.4 is 11.1 Å². The lowest BCUT2D eigenvalue weighted by Gasteiger charge is -2.41. The Morgan fingerprint density at radius 1 is 1.41 bits per heavy atom. The minimum absolute atomic E-state index is 0.0880. The molecule has 2 fully saturated rings. The molecule has 1 aliphatic carbocycles. The molecule has 32 heavy (non-hydrogen) atoms. The van der Waals surface area contributed by atoms with Gasteiger partial charge in [0.2, 0.25) is 5.91 Å². The third-order valence-corrected chi connectivity index (χ3v) is 7.18. The molecule has 3 aliphatic rings. The topological polar surface area (TPSA) is 92.3 Å². The van der Waals surface area contributed by atoms with Gasteiger partial charge in [-0.15, -0.1) is 0 Å². The molecule has 1 amide bonds. The predicted octanol–water partition coefficient (Wildman–Crippen LogP) is 3.38. The van der Waals surface area contributed by atoms with Crippen LogP contribution in [0.15, 0.2) is 40.5 Å². The van der Waals surface area contributed by atoms with Crippen molar-refractivity contribution < 1.29 is 9.53 Å². The van der Waals surface area contributed by atoms with Crippen molar-refractivity contribution in [2.45, 2.75) is 43.6 Å². The standard InChI is InChI=1S/C24H32ClN5O2/c1-16(15-28-21(27-3)17-13-23(2,26)14-17)32-11-10-30-8-6-24(7-9-30)19-12-18(25)4-5-20(19)29-22(24)31/h4-5,12,15,17H,1,6-11,13-14,26H2,2-3H3,(H,29,31). The van der Waals surface area contributed by atoms with Crippen LogP contribution >= 0.6 is 11.6 Å². The van der Waals surface area contributed by atoms with Gasteiger partial charge >= 0.3 is 0 Å². The largest absolute Gasteiger partial charge is 0.491 e. The fraction of sp³-hybridized carbons (Fsp3) is 0.542. The van der Waals surface area contributed by atoms with E-state index < -0.39 is 5.41 Å². The molecule has 3 N–H and O–H groups in total. The highest BCUT2D eigenvalue weighted by Gasteiger charge is 2.48. The van der Waals surface area contributed by atoms with Crippen LogP contribution in [0, 0.1) is 5.92 Å². The van der Waals surface area contributed by atoms with Crippen molar-refractivity contribution >= 4 is 35.2 Å². The van der Waals surface area contributed by atoms with Crippen LogP contribution in [0.4, 0.5) is 5.69 Å². The van der Waals surface area contributed by atoms with E-state index in [0.29, 0.717) is 23.3 Å². The number of amides is 1. The Balaban J connectivity index is 1.23. The van der Waals surface area contributed by atoms with Gasteiger partial charge in [-0.3, -0.25) is 14.7 Å². The van der Waals surface area contributed by atoms with E-state index in [1.165, 1.54) is 0 Å². The lowest BCUT2D eigenvalue weighted by molar-refractivity contribution is -0.122. The molecule has 4 rings (SSSR count). The monoisotopic (exact) mass is 457 g/mol. The van der Waals surface area contributed by atoms with Gasteiger partial charge in [-0.2, -0.15) is 0 Å². The van der Waals surface area contributed by atoms with Gasteiger partial charge in [0, 0.05) is 35.8 Å². The zero-order valence-electron chi connectivity index (χ0n) is 18.9. The van der Waals surface area contributed by atoms with Gasteiger partial charge in [0.15, 0.2) is 0 Å². The number of nitrogens with zero attached hydrogens (tertiary/aromatic N) is 3. The number of fused-ring (bicyclic) bond motifs is 2. The first-order valence-corrected chi connectivity index (χ1v) is 11.6. The maximum Gasteiger partial charge on any atom is 0.235 e. The second kappa shape index (κ2) is 8.96. The molecule has 0 aromatic heterocycles. The fourth-order valence-corrected chi connectivity index (χ4v) is 5.29. The number of halogens is 1. The lowest BCUT2D eigenvalue weighted by Crippen LogP contribution is -2.51. The molecule has 8 heteroatoms. The van der Waals surface area contributed by atoms with Crippen LogP contribution in [-0.4, -0.2) is 61.7 Å². The van der Waals surface area contributed by atoms with E-state index >= 15 is 0 Å². The number of allylic oxidation sites excluding steroid dienone is 1. The quantitative estimate of drug-likeness (QED) is 0.389. The number of hydrogen-bond acceptors (Lipinski definition) is 5. The molecular formula is C24H32ClN5O2. The maximum atomic E-state index is 12.8. The zero-order chi connectivity index (χ0) is 22.9. The highest BCUT2D eigenvalue weighted by atomic mass is 35.5. The van der Waals surface area contributed by atoms with Crippen molar-refractivity contribution in [1.29, 1.82) is 0 Å². The molecule has 1 saturated heterocycles. The van der Waals surface area contributed by atoms with E-state index in [0.717, 1.165) is 62.4 Å². The second-order valence-electron chi connectivity index (χ2n) is 9.48. The van der Waals surface area contributed by atoms with E-state index in [1.54, 1.807) is 13.3 Å². The summed E-state index contributed by atoms with van der Waals surface area (Å²) in [4.78, 5) is 23.8. The summed E-state index contributed by atoms with van der Waals surface area (Å²) in [6, 6.07) is 5.65. The number of carbonyl (C=O) groups excluding carboxylic acids is 1. The zero-order valence-corrected chi connectivity index (χ0v) is 19.6. The first-order valence-electron chi connectivity index (χ1n) is 11.2. The number of nitrogens with two attached hydrogens (primary N) is 1. The Bertz CT molecular complexity index is 955. The molecule has 172 valence electrons. The highest BCUT2D eigenvalue weighted by molar-refractivity contribution is 6.31. The maximum absolute atomic E-state index is 12.8. The average molecular weight is 458 g/mol. The van der Waals surface area contributed by atoms with Crippen LogP contribution in [0.3, 0.4) is 0 Å². The van der Waals surface area contributed by atoms with E-state index in [9.17, 15) is 4.79 Å². The Kier molecular flexibility index (Phi) is 6.43. The number of amidine groups is 1. The SMILES string of the molecule is C=C(C=NC(=NC)C1CC(C)(N)C1)OCCN1CCC2(CC1)C(=O)Nc1ccc(Cl)cc12. The number of anilines is 1. The number of nitrogens with one attached hydrogen (secondary N) is 1. The molecule has 2 aliphatic heterocycles. The fourth-order valence-electron chi connectivity index (χ4n) is 5.12. The number of ether oxygens (including phenoxy) is 1. The van der Waals surface area contributed by atoms with E-state index in [4.69, 9.17) is 22.1 Å². The number of piperidine rings is 1. The van der Waals surface area contributed by atoms with E-state index in [2.05, 4.69) is 33.7 Å². The lowest BCUT2D eigenvalue weighted by atomic mass is 9.69. The Morgan fingerprint density at radius 3 is 2.78 bits per heavy atom. The van der Waals surface area contributed by atoms with Crippen LogP contribution in [0.5, 0.6) is 0 Å². The summed E-state index contributed by atoms with van der Waals surface area (Å²) in [5, 5.41) is 3.69. The van der Waals surface area contributed by atoms with Crippen molar-refractivity contribution in [1.82, 2.24) is 4.90 Å². The third-order valence-electron chi connectivity index (χ3n) is 6.95.